The second-order valence-electron chi connectivity index (χ2n) is 12.0. The second-order valence-corrected chi connectivity index (χ2v) is 12.0. The van der Waals surface area contributed by atoms with Crippen LogP contribution in [0.3, 0.4) is 0 Å². The molecule has 2 aliphatic rings. The number of allylic oxidation sites excluding steroid dienone is 7. The summed E-state index contributed by atoms with van der Waals surface area (Å²) in [5.74, 6) is 1.96. The Balaban J connectivity index is 1.53. The van der Waals surface area contributed by atoms with Crippen molar-refractivity contribution in [2.24, 2.45) is 5.92 Å². The van der Waals surface area contributed by atoms with Gasteiger partial charge in [0.25, 0.3) is 0 Å². The van der Waals surface area contributed by atoms with E-state index in [2.05, 4.69) is 6.07 Å². The average Bonchev–Trinajstić information content (AvgIpc) is 3.04. The summed E-state index contributed by atoms with van der Waals surface area (Å²) in [6.45, 7) is 0. The summed E-state index contributed by atoms with van der Waals surface area (Å²) in [6.07, 6.45) is 13.0. The highest BCUT2D eigenvalue weighted by molar-refractivity contribution is 5.97. The largest absolute Gasteiger partial charge is 0.512 e. The molecule has 0 amide bonds. The highest BCUT2D eigenvalue weighted by Crippen LogP contribution is 2.44. The average molecular weight is 603 g/mol. The van der Waals surface area contributed by atoms with E-state index in [9.17, 15) is 25.5 Å². The van der Waals surface area contributed by atoms with Gasteiger partial charge in [-0.05, 0) is 120 Å². The maximum absolute atomic E-state index is 12.0. The molecule has 0 spiro atoms. The minimum Gasteiger partial charge on any atom is -0.512 e. The van der Waals surface area contributed by atoms with Gasteiger partial charge in [-0.1, -0.05) is 48.1 Å². The standard InChI is InChI=1S/C39H38O6/c1-45-34-16-8-26(9-17-34)19-29-22-28(18-24-2-10-31(40)11-3-24)35-23-30(20-25-4-12-32(41)13-5-25)38(43)36(37(35)39(29)44)21-27-6-14-33(42)15-7-27/h2-4,6,8-14,16-17,22-23,25,40-44H,5,7,15,18-21H2,1H3. The van der Waals surface area contributed by atoms with E-state index < -0.39 is 0 Å². The Morgan fingerprint density at radius 1 is 0.733 bits per heavy atom. The van der Waals surface area contributed by atoms with Crippen LogP contribution in [0, 0.1) is 5.92 Å². The van der Waals surface area contributed by atoms with Crippen molar-refractivity contribution in [2.75, 3.05) is 7.11 Å². The van der Waals surface area contributed by atoms with Crippen molar-refractivity contribution in [1.29, 1.82) is 0 Å². The molecule has 0 fully saturated rings. The van der Waals surface area contributed by atoms with Gasteiger partial charge in [0, 0.05) is 23.8 Å². The minimum atomic E-state index is 0.106. The van der Waals surface area contributed by atoms with Gasteiger partial charge in [-0.25, -0.2) is 0 Å². The van der Waals surface area contributed by atoms with Crippen molar-refractivity contribution >= 4 is 10.8 Å². The molecule has 0 saturated carbocycles. The fourth-order valence-corrected chi connectivity index (χ4v) is 6.37. The van der Waals surface area contributed by atoms with Crippen LogP contribution in [-0.2, 0) is 25.7 Å². The summed E-state index contributed by atoms with van der Waals surface area (Å²) in [6, 6.07) is 19.0. The van der Waals surface area contributed by atoms with E-state index in [-0.39, 0.29) is 28.9 Å². The number of fused-ring (bicyclic) bond motifs is 1. The molecule has 45 heavy (non-hydrogen) atoms. The molecule has 4 aromatic rings. The summed E-state index contributed by atoms with van der Waals surface area (Å²) in [5.41, 5.74) is 6.30. The molecule has 1 atom stereocenters. The minimum absolute atomic E-state index is 0.106. The Morgan fingerprint density at radius 3 is 2.09 bits per heavy atom. The molecule has 5 N–H and O–H groups in total. The molecule has 0 heterocycles. The van der Waals surface area contributed by atoms with Crippen LogP contribution in [0.4, 0.5) is 0 Å². The zero-order valence-electron chi connectivity index (χ0n) is 25.3. The highest BCUT2D eigenvalue weighted by Gasteiger charge is 2.24. The summed E-state index contributed by atoms with van der Waals surface area (Å²) in [4.78, 5) is 0. The third kappa shape index (κ3) is 6.70. The molecule has 0 aliphatic heterocycles. The van der Waals surface area contributed by atoms with Crippen molar-refractivity contribution in [3.05, 3.63) is 142 Å². The summed E-state index contributed by atoms with van der Waals surface area (Å²) in [5, 5.41) is 55.1. The van der Waals surface area contributed by atoms with E-state index in [0.29, 0.717) is 61.7 Å². The SMILES string of the molecule is COc1ccc(Cc2cc(Cc3ccc(O)cc3)c3cc(CC4C=CC(O)=CC4)c(O)c(CC4=CC=C(O)CC4)c3c2O)cc1. The van der Waals surface area contributed by atoms with Gasteiger partial charge >= 0.3 is 0 Å². The lowest BCUT2D eigenvalue weighted by atomic mass is 9.83. The number of benzene rings is 4. The van der Waals surface area contributed by atoms with Crippen molar-refractivity contribution in [3.63, 3.8) is 0 Å². The Hall–Kier alpha value is -5.10. The van der Waals surface area contributed by atoms with Gasteiger partial charge in [-0.3, -0.25) is 0 Å². The van der Waals surface area contributed by atoms with E-state index in [1.54, 1.807) is 37.5 Å². The Labute approximate surface area is 263 Å². The Morgan fingerprint density at radius 2 is 1.44 bits per heavy atom. The molecule has 4 aromatic carbocycles. The normalized spacial score (nSPS) is 16.3. The molecule has 6 nitrogen and oxygen atoms in total. The number of aliphatic hydroxyl groups excluding tert-OH is 2. The number of hydrogen-bond acceptors (Lipinski definition) is 6. The molecule has 0 radical (unpaired) electrons. The fourth-order valence-electron chi connectivity index (χ4n) is 6.37. The Kier molecular flexibility index (Phi) is 8.56. The second kappa shape index (κ2) is 12.9. The number of aliphatic hydroxyl groups is 2. The van der Waals surface area contributed by atoms with Gasteiger partial charge in [0.2, 0.25) is 0 Å². The molecule has 0 saturated heterocycles. The van der Waals surface area contributed by atoms with Crippen molar-refractivity contribution in [1.82, 2.24) is 0 Å². The van der Waals surface area contributed by atoms with Crippen LogP contribution in [0.1, 0.15) is 52.6 Å². The van der Waals surface area contributed by atoms with Crippen LogP contribution in [0.15, 0.2) is 108 Å². The molecule has 6 heteroatoms. The van der Waals surface area contributed by atoms with E-state index in [0.717, 1.165) is 44.5 Å². The number of rotatable bonds is 9. The summed E-state index contributed by atoms with van der Waals surface area (Å²) in [7, 11) is 1.63. The number of ether oxygens (including phenoxy) is 1. The molecular weight excluding hydrogens is 564 g/mol. The van der Waals surface area contributed by atoms with Crippen LogP contribution in [0.2, 0.25) is 0 Å². The number of phenolic OH excluding ortho intramolecular Hbond substituents is 3. The van der Waals surface area contributed by atoms with Gasteiger partial charge < -0.3 is 30.3 Å². The van der Waals surface area contributed by atoms with Crippen LogP contribution in [0.5, 0.6) is 23.0 Å². The first-order valence-corrected chi connectivity index (χ1v) is 15.3. The van der Waals surface area contributed by atoms with Crippen molar-refractivity contribution < 1.29 is 30.3 Å². The van der Waals surface area contributed by atoms with Crippen molar-refractivity contribution in [3.8, 4) is 23.0 Å². The lowest BCUT2D eigenvalue weighted by Crippen LogP contribution is -2.07. The first-order chi connectivity index (χ1) is 21.8. The topological polar surface area (TPSA) is 110 Å². The lowest BCUT2D eigenvalue weighted by molar-refractivity contribution is 0.385. The maximum atomic E-state index is 12.0. The fraction of sp³-hybridized carbons (Fsp3) is 0.231. The predicted molar refractivity (Wildman–Crippen MR) is 177 cm³/mol. The van der Waals surface area contributed by atoms with Gasteiger partial charge in [0.1, 0.15) is 28.8 Å². The smallest absolute Gasteiger partial charge is 0.127 e. The van der Waals surface area contributed by atoms with Crippen molar-refractivity contribution in [2.45, 2.75) is 44.9 Å². The number of methoxy groups -OCH3 is 1. The summed E-state index contributed by atoms with van der Waals surface area (Å²) < 4.78 is 5.33. The van der Waals surface area contributed by atoms with E-state index in [4.69, 9.17) is 4.74 Å². The molecule has 2 aliphatic carbocycles. The maximum Gasteiger partial charge on any atom is 0.127 e. The third-order valence-corrected chi connectivity index (χ3v) is 8.87. The van der Waals surface area contributed by atoms with Crippen LogP contribution >= 0.6 is 0 Å². The van der Waals surface area contributed by atoms with Gasteiger partial charge in [0.15, 0.2) is 0 Å². The molecule has 230 valence electrons. The highest BCUT2D eigenvalue weighted by atomic mass is 16.5. The first kappa shape index (κ1) is 29.9. The Bertz CT molecular complexity index is 1840. The predicted octanol–water partition coefficient (Wildman–Crippen LogP) is 8.41. The molecular formula is C39H38O6. The van der Waals surface area contributed by atoms with E-state index in [1.165, 1.54) is 0 Å². The number of hydrogen-bond donors (Lipinski definition) is 5. The number of phenols is 3. The van der Waals surface area contributed by atoms with Crippen LogP contribution in [-0.4, -0.2) is 32.6 Å². The zero-order valence-corrected chi connectivity index (χ0v) is 25.3. The van der Waals surface area contributed by atoms with Gasteiger partial charge in [-0.2, -0.15) is 0 Å². The third-order valence-electron chi connectivity index (χ3n) is 8.87. The quantitative estimate of drug-likeness (QED) is 0.132. The lowest BCUT2D eigenvalue weighted by Gasteiger charge is -2.23. The molecule has 1 unspecified atom stereocenters. The summed E-state index contributed by atoms with van der Waals surface area (Å²) >= 11 is 0. The first-order valence-electron chi connectivity index (χ1n) is 15.3. The number of aromatic hydroxyl groups is 3. The monoisotopic (exact) mass is 602 g/mol. The van der Waals surface area contributed by atoms with Gasteiger partial charge in [-0.15, -0.1) is 0 Å². The van der Waals surface area contributed by atoms with E-state index >= 15 is 0 Å². The molecule has 0 aromatic heterocycles. The molecule has 0 bridgehead atoms. The van der Waals surface area contributed by atoms with E-state index in [1.807, 2.05) is 54.6 Å². The molecule has 6 rings (SSSR count). The van der Waals surface area contributed by atoms with Crippen LogP contribution in [0.25, 0.3) is 10.8 Å². The van der Waals surface area contributed by atoms with Crippen LogP contribution < -0.4 is 4.74 Å². The zero-order chi connectivity index (χ0) is 31.5. The van der Waals surface area contributed by atoms with Gasteiger partial charge in [0.05, 0.1) is 12.9 Å².